The quantitative estimate of drug-likeness (QED) is 0.526. The van der Waals surface area contributed by atoms with Crippen molar-refractivity contribution in [2.75, 3.05) is 37.3 Å². The van der Waals surface area contributed by atoms with Gasteiger partial charge in [0.15, 0.2) is 0 Å². The first-order chi connectivity index (χ1) is 15.2. The number of nitrogens with zero attached hydrogens (tertiary/aromatic N) is 7. The number of hydrogen-bond donors (Lipinski definition) is 0. The summed E-state index contributed by atoms with van der Waals surface area (Å²) in [6.07, 6.45) is 5.79. The molecule has 1 saturated heterocycles. The van der Waals surface area contributed by atoms with Crippen LogP contribution in [0.5, 0.6) is 0 Å². The van der Waals surface area contributed by atoms with Gasteiger partial charge in [-0.25, -0.2) is 23.4 Å². The van der Waals surface area contributed by atoms with E-state index in [0.29, 0.717) is 31.7 Å². The number of amides is 1. The van der Waals surface area contributed by atoms with E-state index in [-0.39, 0.29) is 17.6 Å². The summed E-state index contributed by atoms with van der Waals surface area (Å²) in [7, 11) is -3.46. The molecule has 1 aliphatic heterocycles. The monoisotopic (exact) mass is 455 g/mol. The molecule has 4 rings (SSSR count). The molecule has 10 nitrogen and oxygen atoms in total. The zero-order chi connectivity index (χ0) is 22.9. The van der Waals surface area contributed by atoms with Gasteiger partial charge < -0.3 is 9.80 Å². The van der Waals surface area contributed by atoms with Crippen LogP contribution < -0.4 is 4.90 Å². The molecule has 0 saturated carbocycles. The summed E-state index contributed by atoms with van der Waals surface area (Å²) in [5, 5.41) is 4.17. The van der Waals surface area contributed by atoms with E-state index in [1.54, 1.807) is 10.9 Å². The van der Waals surface area contributed by atoms with E-state index in [2.05, 4.69) is 25.0 Å². The van der Waals surface area contributed by atoms with Gasteiger partial charge in [0.2, 0.25) is 20.9 Å². The lowest BCUT2D eigenvalue weighted by Crippen LogP contribution is -2.50. The van der Waals surface area contributed by atoms with Crippen molar-refractivity contribution in [3.8, 4) is 11.1 Å². The minimum atomic E-state index is -3.46. The minimum Gasteiger partial charge on any atom is -0.353 e. The van der Waals surface area contributed by atoms with E-state index in [1.807, 2.05) is 36.9 Å². The van der Waals surface area contributed by atoms with Gasteiger partial charge in [0, 0.05) is 67.8 Å². The Labute approximate surface area is 186 Å². The molecule has 0 radical (unpaired) electrons. The van der Waals surface area contributed by atoms with Crippen LogP contribution in [0.3, 0.4) is 0 Å². The lowest BCUT2D eigenvalue weighted by molar-refractivity contribution is -0.132. The maximum absolute atomic E-state index is 12.7. The summed E-state index contributed by atoms with van der Waals surface area (Å²) >= 11 is 0. The number of sulfone groups is 1. The Bertz CT molecular complexity index is 1230. The highest BCUT2D eigenvalue weighted by atomic mass is 32.2. The second-order valence-corrected chi connectivity index (χ2v) is 9.76. The van der Waals surface area contributed by atoms with Gasteiger partial charge in [0.25, 0.3) is 0 Å². The summed E-state index contributed by atoms with van der Waals surface area (Å²) in [4.78, 5) is 29.2. The van der Waals surface area contributed by atoms with Crippen LogP contribution in [0, 0.1) is 13.8 Å². The Hall–Kier alpha value is -3.34. The van der Waals surface area contributed by atoms with Gasteiger partial charge in [-0.3, -0.25) is 9.48 Å². The van der Waals surface area contributed by atoms with Crippen LogP contribution in [-0.4, -0.2) is 76.4 Å². The number of carbonyl (C=O) groups excluding carboxylic acids is 1. The molecule has 11 heteroatoms. The number of anilines is 1. The van der Waals surface area contributed by atoms with Crippen molar-refractivity contribution in [2.45, 2.75) is 25.5 Å². The summed E-state index contributed by atoms with van der Waals surface area (Å²) in [5.41, 5.74) is 3.37. The molecule has 3 aromatic heterocycles. The average molecular weight is 456 g/mol. The molecule has 3 aromatic rings. The zero-order valence-electron chi connectivity index (χ0n) is 18.3. The topological polar surface area (TPSA) is 114 Å². The predicted molar refractivity (Wildman–Crippen MR) is 119 cm³/mol. The molecule has 0 aromatic carbocycles. The second kappa shape index (κ2) is 8.65. The second-order valence-electron chi connectivity index (χ2n) is 7.85. The summed E-state index contributed by atoms with van der Waals surface area (Å²) < 4.78 is 25.0. The number of aryl methyl sites for hydroxylation is 2. The fourth-order valence-corrected chi connectivity index (χ4v) is 4.24. The number of piperazine rings is 1. The Balaban J connectivity index is 1.46. The van der Waals surface area contributed by atoms with E-state index >= 15 is 0 Å². The van der Waals surface area contributed by atoms with Crippen LogP contribution in [0.25, 0.3) is 11.1 Å². The minimum absolute atomic E-state index is 0.0434. The molecule has 0 unspecified atom stereocenters. The van der Waals surface area contributed by atoms with Crippen molar-refractivity contribution in [1.29, 1.82) is 0 Å². The fraction of sp³-hybridized carbons (Fsp3) is 0.381. The van der Waals surface area contributed by atoms with Crippen LogP contribution in [0.15, 0.2) is 41.9 Å². The van der Waals surface area contributed by atoms with E-state index in [0.717, 1.165) is 29.0 Å². The number of pyridine rings is 1. The van der Waals surface area contributed by atoms with Crippen molar-refractivity contribution >= 4 is 21.6 Å². The molecule has 0 aliphatic carbocycles. The van der Waals surface area contributed by atoms with Crippen molar-refractivity contribution in [2.24, 2.45) is 0 Å². The first kappa shape index (κ1) is 21.9. The highest BCUT2D eigenvalue weighted by Gasteiger charge is 2.24. The van der Waals surface area contributed by atoms with Crippen LogP contribution in [0.1, 0.15) is 11.4 Å². The number of carbonyl (C=O) groups is 1. The molecule has 1 amide bonds. The van der Waals surface area contributed by atoms with Crippen LogP contribution >= 0.6 is 0 Å². The summed E-state index contributed by atoms with van der Waals surface area (Å²) in [6, 6.07) is 5.68. The number of hydrogen-bond acceptors (Lipinski definition) is 8. The standard InChI is InChI=1S/C21H25N7O3S/c1-15-11-16(2)28(25-15)14-19(29)26-7-9-27(10-8-26)20-18(5-4-6-22-20)17-12-23-21(24-13-17)32(3,30)31/h4-6,11-13H,7-10,14H2,1-3H3. The summed E-state index contributed by atoms with van der Waals surface area (Å²) in [6.45, 7) is 6.52. The maximum atomic E-state index is 12.7. The van der Waals surface area contributed by atoms with Gasteiger partial charge >= 0.3 is 0 Å². The third kappa shape index (κ3) is 4.62. The van der Waals surface area contributed by atoms with Crippen molar-refractivity contribution in [3.63, 3.8) is 0 Å². The highest BCUT2D eigenvalue weighted by Crippen LogP contribution is 2.28. The average Bonchev–Trinajstić information content (AvgIpc) is 3.09. The Kier molecular flexibility index (Phi) is 5.92. The Morgan fingerprint density at radius 1 is 1.06 bits per heavy atom. The van der Waals surface area contributed by atoms with Crippen molar-refractivity contribution < 1.29 is 13.2 Å². The predicted octanol–water partition coefficient (Wildman–Crippen LogP) is 1.10. The molecular weight excluding hydrogens is 430 g/mol. The van der Waals surface area contributed by atoms with Gasteiger partial charge in [-0.15, -0.1) is 0 Å². The molecule has 0 N–H and O–H groups in total. The zero-order valence-corrected chi connectivity index (χ0v) is 19.1. The molecular formula is C21H25N7O3S. The van der Waals surface area contributed by atoms with E-state index in [4.69, 9.17) is 0 Å². The van der Waals surface area contributed by atoms with Crippen molar-refractivity contribution in [3.05, 3.63) is 48.2 Å². The molecule has 168 valence electrons. The van der Waals surface area contributed by atoms with Crippen molar-refractivity contribution in [1.82, 2.24) is 29.6 Å². The molecule has 0 bridgehead atoms. The first-order valence-electron chi connectivity index (χ1n) is 10.2. The van der Waals surface area contributed by atoms with Gasteiger partial charge in [-0.05, 0) is 32.0 Å². The lowest BCUT2D eigenvalue weighted by Gasteiger charge is -2.36. The lowest BCUT2D eigenvalue weighted by atomic mass is 10.1. The van der Waals surface area contributed by atoms with Gasteiger partial charge in [-0.2, -0.15) is 5.10 Å². The SMILES string of the molecule is Cc1cc(C)n(CC(=O)N2CCN(c3ncccc3-c3cnc(S(C)(=O)=O)nc3)CC2)n1. The fourth-order valence-electron chi connectivity index (χ4n) is 3.75. The highest BCUT2D eigenvalue weighted by molar-refractivity contribution is 7.90. The van der Waals surface area contributed by atoms with Crippen LogP contribution in [0.4, 0.5) is 5.82 Å². The Morgan fingerprint density at radius 2 is 1.75 bits per heavy atom. The van der Waals surface area contributed by atoms with Gasteiger partial charge in [0.05, 0.1) is 5.69 Å². The maximum Gasteiger partial charge on any atom is 0.246 e. The van der Waals surface area contributed by atoms with E-state index in [1.165, 1.54) is 12.4 Å². The number of rotatable bonds is 5. The normalized spacial score (nSPS) is 14.6. The molecule has 1 aliphatic rings. The third-order valence-corrected chi connectivity index (χ3v) is 6.25. The van der Waals surface area contributed by atoms with Gasteiger partial charge in [-0.1, -0.05) is 0 Å². The molecule has 4 heterocycles. The first-order valence-corrected chi connectivity index (χ1v) is 12.1. The van der Waals surface area contributed by atoms with Crippen LogP contribution in [-0.2, 0) is 21.2 Å². The van der Waals surface area contributed by atoms with E-state index in [9.17, 15) is 13.2 Å². The van der Waals surface area contributed by atoms with Gasteiger partial charge in [0.1, 0.15) is 12.4 Å². The Morgan fingerprint density at radius 3 is 2.34 bits per heavy atom. The molecule has 1 fully saturated rings. The smallest absolute Gasteiger partial charge is 0.246 e. The largest absolute Gasteiger partial charge is 0.353 e. The van der Waals surface area contributed by atoms with E-state index < -0.39 is 9.84 Å². The third-order valence-electron chi connectivity index (χ3n) is 5.38. The number of aromatic nitrogens is 5. The molecule has 0 spiro atoms. The van der Waals surface area contributed by atoms with Crippen LogP contribution in [0.2, 0.25) is 0 Å². The molecule has 0 atom stereocenters. The molecule has 32 heavy (non-hydrogen) atoms. The summed E-state index contributed by atoms with van der Waals surface area (Å²) in [5.74, 6) is 0.802.